The molecular weight excluding hydrogens is 254 g/mol. The third-order valence-corrected chi connectivity index (χ3v) is 3.88. The zero-order valence-corrected chi connectivity index (χ0v) is 11.0. The average Bonchev–Trinajstić information content (AvgIpc) is 3.17. The number of imidazole rings is 1. The summed E-state index contributed by atoms with van der Waals surface area (Å²) in [6.07, 6.45) is 2.52. The number of hydrogen-bond donors (Lipinski definition) is 2. The molecule has 1 aliphatic carbocycles. The van der Waals surface area contributed by atoms with Crippen molar-refractivity contribution in [2.75, 3.05) is 0 Å². The fraction of sp³-hybridized carbons (Fsp3) is 0.333. The molecule has 102 valence electrons. The molecule has 0 radical (unpaired) electrons. The first-order valence-corrected chi connectivity index (χ1v) is 6.92. The number of fused-ring (bicyclic) bond motifs is 3. The zero-order chi connectivity index (χ0) is 13.7. The number of aliphatic hydroxyl groups is 1. The minimum atomic E-state index is -0.207. The zero-order valence-electron chi connectivity index (χ0n) is 11.0. The number of allylic oxidation sites excluding steroid dienone is 1. The maximum Gasteiger partial charge on any atom is 0.258 e. The highest BCUT2D eigenvalue weighted by Crippen LogP contribution is 2.30. The second-order valence-electron chi connectivity index (χ2n) is 5.40. The lowest BCUT2D eigenvalue weighted by atomic mass is 10.1. The highest BCUT2D eigenvalue weighted by atomic mass is 16.3. The average molecular weight is 269 g/mol. The Balaban J connectivity index is 1.84. The van der Waals surface area contributed by atoms with E-state index < -0.39 is 0 Å². The summed E-state index contributed by atoms with van der Waals surface area (Å²) in [7, 11) is 0. The van der Waals surface area contributed by atoms with E-state index in [1.807, 2.05) is 28.8 Å². The molecule has 1 saturated carbocycles. The van der Waals surface area contributed by atoms with Gasteiger partial charge >= 0.3 is 0 Å². The second kappa shape index (κ2) is 4.10. The molecule has 1 fully saturated rings. The monoisotopic (exact) mass is 269 g/mol. The van der Waals surface area contributed by atoms with Crippen LogP contribution in [0, 0.1) is 0 Å². The van der Waals surface area contributed by atoms with E-state index in [1.54, 1.807) is 0 Å². The molecular formula is C15H15N3O2. The summed E-state index contributed by atoms with van der Waals surface area (Å²) in [4.78, 5) is 16.8. The van der Waals surface area contributed by atoms with Crippen LogP contribution in [0.1, 0.15) is 25.1 Å². The molecule has 1 aliphatic heterocycles. The third kappa shape index (κ3) is 1.70. The number of nitrogens with one attached hydrogen (secondary N) is 1. The van der Waals surface area contributed by atoms with E-state index in [0.717, 1.165) is 23.9 Å². The SMILES string of the molecule is O=C(NC1CC1)C1=C(O)CCn2c1nc1ccccc12. The number of hydrogen-bond acceptors (Lipinski definition) is 3. The van der Waals surface area contributed by atoms with Crippen LogP contribution < -0.4 is 5.32 Å². The van der Waals surface area contributed by atoms with Gasteiger partial charge in [-0.25, -0.2) is 4.98 Å². The lowest BCUT2D eigenvalue weighted by Gasteiger charge is -2.18. The lowest BCUT2D eigenvalue weighted by Crippen LogP contribution is -2.30. The van der Waals surface area contributed by atoms with Crippen molar-refractivity contribution >= 4 is 22.5 Å². The van der Waals surface area contributed by atoms with Crippen LogP contribution >= 0.6 is 0 Å². The number of para-hydroxylation sites is 2. The Morgan fingerprint density at radius 3 is 2.95 bits per heavy atom. The first kappa shape index (κ1) is 11.5. The maximum atomic E-state index is 12.3. The molecule has 0 atom stereocenters. The molecule has 0 saturated heterocycles. The Bertz CT molecular complexity index is 741. The fourth-order valence-electron chi connectivity index (χ4n) is 2.68. The number of rotatable bonds is 2. The predicted octanol–water partition coefficient (Wildman–Crippen LogP) is 1.99. The minimum absolute atomic E-state index is 0.144. The van der Waals surface area contributed by atoms with Gasteiger partial charge in [-0.1, -0.05) is 12.1 Å². The van der Waals surface area contributed by atoms with Crippen LogP contribution in [-0.4, -0.2) is 26.6 Å². The second-order valence-corrected chi connectivity index (χ2v) is 5.40. The maximum absolute atomic E-state index is 12.3. The summed E-state index contributed by atoms with van der Waals surface area (Å²) in [5.41, 5.74) is 2.19. The normalized spacial score (nSPS) is 18.2. The molecule has 4 rings (SSSR count). The van der Waals surface area contributed by atoms with Crippen LogP contribution in [0.5, 0.6) is 0 Å². The van der Waals surface area contributed by atoms with Crippen LogP contribution in [0.25, 0.3) is 16.6 Å². The smallest absolute Gasteiger partial charge is 0.258 e. The van der Waals surface area contributed by atoms with Gasteiger partial charge in [0.1, 0.15) is 17.2 Å². The van der Waals surface area contributed by atoms with Crippen LogP contribution in [0.3, 0.4) is 0 Å². The number of aromatic nitrogens is 2. The van der Waals surface area contributed by atoms with E-state index in [4.69, 9.17) is 0 Å². The van der Waals surface area contributed by atoms with E-state index in [-0.39, 0.29) is 17.7 Å². The Hall–Kier alpha value is -2.30. The van der Waals surface area contributed by atoms with Crippen LogP contribution in [0.4, 0.5) is 0 Å². The molecule has 2 aromatic rings. The summed E-state index contributed by atoms with van der Waals surface area (Å²) in [5.74, 6) is 0.514. The van der Waals surface area contributed by atoms with E-state index >= 15 is 0 Å². The highest BCUT2D eigenvalue weighted by Gasteiger charge is 2.31. The van der Waals surface area contributed by atoms with Gasteiger partial charge in [0.2, 0.25) is 0 Å². The van der Waals surface area contributed by atoms with Gasteiger partial charge in [0.15, 0.2) is 0 Å². The topological polar surface area (TPSA) is 67.2 Å². The van der Waals surface area contributed by atoms with Crippen molar-refractivity contribution in [2.24, 2.45) is 0 Å². The molecule has 1 amide bonds. The molecule has 20 heavy (non-hydrogen) atoms. The van der Waals surface area contributed by atoms with Gasteiger partial charge in [-0.15, -0.1) is 0 Å². The molecule has 2 aliphatic rings. The van der Waals surface area contributed by atoms with Crippen LogP contribution in [-0.2, 0) is 11.3 Å². The number of aliphatic hydroxyl groups excluding tert-OH is 1. The number of aryl methyl sites for hydroxylation is 1. The first-order valence-electron chi connectivity index (χ1n) is 6.92. The van der Waals surface area contributed by atoms with Crippen molar-refractivity contribution in [2.45, 2.75) is 31.8 Å². The standard InChI is InChI=1S/C15H15N3O2/c19-12-7-8-18-11-4-2-1-3-10(11)17-14(18)13(12)15(20)16-9-5-6-9/h1-4,9,19H,5-8H2,(H,16,20). The summed E-state index contributed by atoms with van der Waals surface area (Å²) in [6, 6.07) is 8.06. The molecule has 5 nitrogen and oxygen atoms in total. The Labute approximate surface area is 115 Å². The summed E-state index contributed by atoms with van der Waals surface area (Å²) in [5, 5.41) is 13.0. The molecule has 5 heteroatoms. The summed E-state index contributed by atoms with van der Waals surface area (Å²) >= 11 is 0. The Kier molecular flexibility index (Phi) is 2.36. The van der Waals surface area contributed by atoms with Crippen LogP contribution in [0.15, 0.2) is 30.0 Å². The minimum Gasteiger partial charge on any atom is -0.511 e. The van der Waals surface area contributed by atoms with E-state index in [1.165, 1.54) is 0 Å². The predicted molar refractivity (Wildman–Crippen MR) is 75.1 cm³/mol. The van der Waals surface area contributed by atoms with E-state index in [0.29, 0.717) is 24.4 Å². The number of carbonyl (C=O) groups excluding carboxylic acids is 1. The molecule has 0 bridgehead atoms. The van der Waals surface area contributed by atoms with E-state index in [2.05, 4.69) is 10.3 Å². The van der Waals surface area contributed by atoms with E-state index in [9.17, 15) is 9.90 Å². The van der Waals surface area contributed by atoms with Gasteiger partial charge in [-0.05, 0) is 25.0 Å². The largest absolute Gasteiger partial charge is 0.511 e. The van der Waals surface area contributed by atoms with Crippen molar-refractivity contribution in [3.05, 3.63) is 35.8 Å². The fourth-order valence-corrected chi connectivity index (χ4v) is 2.68. The van der Waals surface area contributed by atoms with Crippen molar-refractivity contribution in [1.29, 1.82) is 0 Å². The molecule has 0 unspecified atom stereocenters. The Morgan fingerprint density at radius 2 is 2.15 bits per heavy atom. The lowest BCUT2D eigenvalue weighted by molar-refractivity contribution is -0.115. The molecule has 2 heterocycles. The molecule has 0 spiro atoms. The number of carbonyl (C=O) groups is 1. The van der Waals surface area contributed by atoms with Gasteiger partial charge in [0.25, 0.3) is 5.91 Å². The van der Waals surface area contributed by atoms with Gasteiger partial charge < -0.3 is 15.0 Å². The molecule has 2 N–H and O–H groups in total. The Morgan fingerprint density at radius 1 is 1.35 bits per heavy atom. The molecule has 1 aromatic heterocycles. The number of amides is 1. The van der Waals surface area contributed by atoms with Gasteiger partial charge in [0.05, 0.1) is 11.0 Å². The number of benzene rings is 1. The molecule has 1 aromatic carbocycles. The van der Waals surface area contributed by atoms with Crippen molar-refractivity contribution in [3.63, 3.8) is 0 Å². The van der Waals surface area contributed by atoms with Gasteiger partial charge in [0, 0.05) is 19.0 Å². The summed E-state index contributed by atoms with van der Waals surface area (Å²) in [6.45, 7) is 0.655. The van der Waals surface area contributed by atoms with Crippen LogP contribution in [0.2, 0.25) is 0 Å². The first-order chi connectivity index (χ1) is 9.74. The van der Waals surface area contributed by atoms with Gasteiger partial charge in [-0.2, -0.15) is 0 Å². The van der Waals surface area contributed by atoms with Crippen molar-refractivity contribution in [1.82, 2.24) is 14.9 Å². The van der Waals surface area contributed by atoms with Gasteiger partial charge in [-0.3, -0.25) is 4.79 Å². The summed E-state index contributed by atoms with van der Waals surface area (Å²) < 4.78 is 2.01. The van der Waals surface area contributed by atoms with Crippen molar-refractivity contribution < 1.29 is 9.90 Å². The third-order valence-electron chi connectivity index (χ3n) is 3.88. The quantitative estimate of drug-likeness (QED) is 0.876. The van der Waals surface area contributed by atoms with Crippen molar-refractivity contribution in [3.8, 4) is 0 Å². The number of nitrogens with zero attached hydrogens (tertiary/aromatic N) is 2. The highest BCUT2D eigenvalue weighted by molar-refractivity contribution is 6.20.